The lowest BCUT2D eigenvalue weighted by Crippen LogP contribution is -2.26. The van der Waals surface area contributed by atoms with Crippen molar-refractivity contribution in [2.24, 2.45) is 0 Å². The molecule has 0 saturated carbocycles. The number of anilines is 1. The van der Waals surface area contributed by atoms with Crippen molar-refractivity contribution < 1.29 is 4.79 Å². The number of amides is 1. The van der Waals surface area contributed by atoms with Crippen LogP contribution in [0.25, 0.3) is 0 Å². The first kappa shape index (κ1) is 13.9. The summed E-state index contributed by atoms with van der Waals surface area (Å²) in [6.45, 7) is 4.00. The molecule has 3 nitrogen and oxygen atoms in total. The first-order valence-corrected chi connectivity index (χ1v) is 7.09. The van der Waals surface area contributed by atoms with Gasteiger partial charge in [-0.1, -0.05) is 11.6 Å². The molecule has 5 heteroatoms. The van der Waals surface area contributed by atoms with Crippen molar-refractivity contribution in [1.82, 2.24) is 5.32 Å². The number of nitrogens with two attached hydrogens (primary N) is 1. The predicted octanol–water partition coefficient (Wildman–Crippen LogP) is 3.78. The number of rotatable bonds is 3. The number of carbonyl (C=O) groups excluding carboxylic acids is 1. The zero-order chi connectivity index (χ0) is 14.0. The van der Waals surface area contributed by atoms with Crippen molar-refractivity contribution in [3.05, 3.63) is 50.7 Å². The maximum atomic E-state index is 12.1. The Bertz CT molecular complexity index is 609. The lowest BCUT2D eigenvalue weighted by molar-refractivity contribution is 0.0940. The smallest absolute Gasteiger partial charge is 0.251 e. The van der Waals surface area contributed by atoms with Crippen molar-refractivity contribution >= 4 is 34.5 Å². The summed E-state index contributed by atoms with van der Waals surface area (Å²) in [5.41, 5.74) is 6.61. The van der Waals surface area contributed by atoms with Crippen LogP contribution in [0.15, 0.2) is 30.3 Å². The third kappa shape index (κ3) is 3.28. The quantitative estimate of drug-likeness (QED) is 0.846. The minimum Gasteiger partial charge on any atom is -0.398 e. The predicted molar refractivity (Wildman–Crippen MR) is 80.8 cm³/mol. The van der Waals surface area contributed by atoms with E-state index in [4.69, 9.17) is 17.3 Å². The van der Waals surface area contributed by atoms with E-state index in [0.717, 1.165) is 4.88 Å². The molecule has 2 aromatic rings. The number of benzene rings is 1. The molecule has 0 bridgehead atoms. The van der Waals surface area contributed by atoms with E-state index in [0.29, 0.717) is 16.3 Å². The highest BCUT2D eigenvalue weighted by molar-refractivity contribution is 7.12. The number of hydrogen-bond donors (Lipinski definition) is 2. The van der Waals surface area contributed by atoms with E-state index in [1.165, 1.54) is 4.88 Å². The molecule has 3 N–H and O–H groups in total. The third-order valence-corrected chi connectivity index (χ3v) is 4.31. The van der Waals surface area contributed by atoms with Crippen LogP contribution < -0.4 is 11.1 Å². The Labute approximate surface area is 121 Å². The molecule has 1 unspecified atom stereocenters. The Kier molecular flexibility index (Phi) is 4.12. The number of nitrogen functional groups attached to an aromatic ring is 1. The zero-order valence-electron chi connectivity index (χ0n) is 10.7. The highest BCUT2D eigenvalue weighted by Gasteiger charge is 2.13. The Hall–Kier alpha value is -1.52. The van der Waals surface area contributed by atoms with Gasteiger partial charge in [-0.15, -0.1) is 11.3 Å². The van der Waals surface area contributed by atoms with Gasteiger partial charge >= 0.3 is 0 Å². The summed E-state index contributed by atoms with van der Waals surface area (Å²) < 4.78 is 0. The molecule has 0 fully saturated rings. The first-order valence-electron chi connectivity index (χ1n) is 5.89. The largest absolute Gasteiger partial charge is 0.398 e. The van der Waals surface area contributed by atoms with Crippen LogP contribution in [0.4, 0.5) is 5.69 Å². The third-order valence-electron chi connectivity index (χ3n) is 2.80. The molecule has 1 heterocycles. The summed E-state index contributed by atoms with van der Waals surface area (Å²) in [6.07, 6.45) is 0. The molecular weight excluding hydrogens is 280 g/mol. The molecule has 2 rings (SSSR count). The van der Waals surface area contributed by atoms with Gasteiger partial charge in [0.2, 0.25) is 0 Å². The monoisotopic (exact) mass is 294 g/mol. The van der Waals surface area contributed by atoms with Gasteiger partial charge in [-0.3, -0.25) is 4.79 Å². The van der Waals surface area contributed by atoms with Gasteiger partial charge in [0.25, 0.3) is 5.91 Å². The summed E-state index contributed by atoms with van der Waals surface area (Å²) >= 11 is 7.59. The average Bonchev–Trinajstić information content (AvgIpc) is 2.79. The molecule has 0 aliphatic carbocycles. The molecule has 19 heavy (non-hydrogen) atoms. The molecule has 1 atom stereocenters. The van der Waals surface area contributed by atoms with Gasteiger partial charge in [0, 0.05) is 15.3 Å². The lowest BCUT2D eigenvalue weighted by atomic mass is 10.1. The number of halogens is 1. The molecular formula is C14H15ClN2OS. The summed E-state index contributed by atoms with van der Waals surface area (Å²) in [4.78, 5) is 14.5. The van der Waals surface area contributed by atoms with Crippen LogP contribution in [0, 0.1) is 6.92 Å². The second-order valence-corrected chi connectivity index (χ2v) is 6.11. The van der Waals surface area contributed by atoms with E-state index in [1.54, 1.807) is 29.5 Å². The van der Waals surface area contributed by atoms with Crippen molar-refractivity contribution in [2.45, 2.75) is 19.9 Å². The molecule has 1 aromatic heterocycles. The molecule has 1 aromatic carbocycles. The second kappa shape index (κ2) is 5.63. The van der Waals surface area contributed by atoms with Crippen molar-refractivity contribution in [3.63, 3.8) is 0 Å². The highest BCUT2D eigenvalue weighted by Crippen LogP contribution is 2.23. The Morgan fingerprint density at radius 3 is 2.68 bits per heavy atom. The van der Waals surface area contributed by atoms with Gasteiger partial charge < -0.3 is 11.1 Å². The zero-order valence-corrected chi connectivity index (χ0v) is 12.3. The Morgan fingerprint density at radius 2 is 2.11 bits per heavy atom. The van der Waals surface area contributed by atoms with Crippen LogP contribution in [0.5, 0.6) is 0 Å². The number of nitrogens with one attached hydrogen (secondary N) is 1. The second-order valence-electron chi connectivity index (χ2n) is 4.38. The molecule has 0 aliphatic heterocycles. The SMILES string of the molecule is Cc1ccc(C(C)NC(=O)c2ccc(N)c(Cl)c2)s1. The Balaban J connectivity index is 2.10. The first-order chi connectivity index (χ1) is 8.97. The van der Waals surface area contributed by atoms with Crippen LogP contribution in [0.3, 0.4) is 0 Å². The summed E-state index contributed by atoms with van der Waals surface area (Å²) in [5, 5.41) is 3.34. The van der Waals surface area contributed by atoms with E-state index in [-0.39, 0.29) is 11.9 Å². The number of carbonyl (C=O) groups is 1. The number of thiophene rings is 1. The highest BCUT2D eigenvalue weighted by atomic mass is 35.5. The molecule has 0 aliphatic rings. The number of aryl methyl sites for hydroxylation is 1. The normalized spacial score (nSPS) is 12.2. The van der Waals surface area contributed by atoms with Crippen LogP contribution in [-0.4, -0.2) is 5.91 Å². The average molecular weight is 295 g/mol. The van der Waals surface area contributed by atoms with Gasteiger partial charge in [-0.25, -0.2) is 0 Å². The van der Waals surface area contributed by atoms with E-state index in [9.17, 15) is 4.79 Å². The summed E-state index contributed by atoms with van der Waals surface area (Å²) in [5.74, 6) is -0.152. The molecule has 0 spiro atoms. The van der Waals surface area contributed by atoms with E-state index in [1.807, 2.05) is 26.0 Å². The van der Waals surface area contributed by atoms with Gasteiger partial charge in [-0.05, 0) is 44.2 Å². The minimum atomic E-state index is -0.152. The van der Waals surface area contributed by atoms with E-state index < -0.39 is 0 Å². The van der Waals surface area contributed by atoms with Gasteiger partial charge in [0.1, 0.15) is 0 Å². The van der Waals surface area contributed by atoms with Crippen LogP contribution in [0.2, 0.25) is 5.02 Å². The van der Waals surface area contributed by atoms with Crippen LogP contribution >= 0.6 is 22.9 Å². The van der Waals surface area contributed by atoms with Crippen molar-refractivity contribution in [3.8, 4) is 0 Å². The molecule has 100 valence electrons. The lowest BCUT2D eigenvalue weighted by Gasteiger charge is -2.12. The maximum absolute atomic E-state index is 12.1. The standard InChI is InChI=1S/C14H15ClN2OS/c1-8-3-6-13(19-8)9(2)17-14(18)10-4-5-12(16)11(15)7-10/h3-7,9H,16H2,1-2H3,(H,17,18). The van der Waals surface area contributed by atoms with E-state index in [2.05, 4.69) is 5.32 Å². The fraction of sp³-hybridized carbons (Fsp3) is 0.214. The summed E-state index contributed by atoms with van der Waals surface area (Å²) in [6, 6.07) is 8.94. The molecule has 0 radical (unpaired) electrons. The Morgan fingerprint density at radius 1 is 1.37 bits per heavy atom. The van der Waals surface area contributed by atoms with Crippen LogP contribution in [-0.2, 0) is 0 Å². The van der Waals surface area contributed by atoms with E-state index >= 15 is 0 Å². The molecule has 0 saturated heterocycles. The maximum Gasteiger partial charge on any atom is 0.251 e. The van der Waals surface area contributed by atoms with Gasteiger partial charge in [-0.2, -0.15) is 0 Å². The fourth-order valence-corrected chi connectivity index (χ4v) is 2.77. The topological polar surface area (TPSA) is 55.1 Å². The fourth-order valence-electron chi connectivity index (χ4n) is 1.71. The van der Waals surface area contributed by atoms with Gasteiger partial charge in [0.05, 0.1) is 16.8 Å². The molecule has 1 amide bonds. The summed E-state index contributed by atoms with van der Waals surface area (Å²) in [7, 11) is 0. The number of hydrogen-bond acceptors (Lipinski definition) is 3. The minimum absolute atomic E-state index is 0.0254. The van der Waals surface area contributed by atoms with Crippen molar-refractivity contribution in [1.29, 1.82) is 0 Å². The van der Waals surface area contributed by atoms with Gasteiger partial charge in [0.15, 0.2) is 0 Å². The van der Waals surface area contributed by atoms with Crippen molar-refractivity contribution in [2.75, 3.05) is 5.73 Å². The van der Waals surface area contributed by atoms with Crippen LogP contribution in [0.1, 0.15) is 33.1 Å².